The van der Waals surface area contributed by atoms with Crippen LogP contribution in [0.2, 0.25) is 0 Å². The van der Waals surface area contributed by atoms with Crippen molar-refractivity contribution in [1.82, 2.24) is 0 Å². The summed E-state index contributed by atoms with van der Waals surface area (Å²) in [5.41, 5.74) is -0.289. The Kier molecular flexibility index (Phi) is 9.40. The highest BCUT2D eigenvalue weighted by Gasteiger charge is 2.53. The molecule has 1 aliphatic carbocycles. The largest absolute Gasteiger partial charge is 0.466 e. The maximum Gasteiger partial charge on any atom is 0.333 e. The number of ether oxygens (including phenoxy) is 3. The van der Waals surface area contributed by atoms with E-state index in [9.17, 15) is 24.6 Å². The number of carbonyl (C=O) groups excluding carboxylic acids is 3. The van der Waals surface area contributed by atoms with Crippen LogP contribution >= 0.6 is 0 Å². The van der Waals surface area contributed by atoms with E-state index in [4.69, 9.17) is 14.2 Å². The predicted molar refractivity (Wildman–Crippen MR) is 114 cm³/mol. The third-order valence-corrected chi connectivity index (χ3v) is 5.68. The fourth-order valence-electron chi connectivity index (χ4n) is 3.93. The maximum atomic E-state index is 12.6. The van der Waals surface area contributed by atoms with Crippen molar-refractivity contribution in [3.63, 3.8) is 0 Å². The fraction of sp³-hybridized carbons (Fsp3) is 0.522. The van der Waals surface area contributed by atoms with Crippen LogP contribution in [0.1, 0.15) is 27.2 Å². The van der Waals surface area contributed by atoms with Gasteiger partial charge >= 0.3 is 17.9 Å². The molecule has 2 N–H and O–H groups in total. The average molecular weight is 437 g/mol. The van der Waals surface area contributed by atoms with Crippen LogP contribution < -0.4 is 0 Å². The van der Waals surface area contributed by atoms with E-state index in [1.165, 1.54) is 27.0 Å². The summed E-state index contributed by atoms with van der Waals surface area (Å²) < 4.78 is 15.2. The van der Waals surface area contributed by atoms with Gasteiger partial charge in [0.25, 0.3) is 0 Å². The van der Waals surface area contributed by atoms with E-state index in [1.807, 2.05) is 0 Å². The van der Waals surface area contributed by atoms with Gasteiger partial charge in [-0.15, -0.1) is 6.58 Å². The van der Waals surface area contributed by atoms with Crippen molar-refractivity contribution in [1.29, 1.82) is 0 Å². The molecule has 0 heterocycles. The Hall–Kier alpha value is -2.71. The Morgan fingerprint density at radius 3 is 2.29 bits per heavy atom. The first kappa shape index (κ1) is 26.3. The summed E-state index contributed by atoms with van der Waals surface area (Å²) in [5, 5.41) is 20.8. The third kappa shape index (κ3) is 6.15. The third-order valence-electron chi connectivity index (χ3n) is 5.68. The number of aliphatic hydroxyl groups is 2. The molecule has 8 heteroatoms. The number of carbonyl (C=O) groups is 3. The fourth-order valence-corrected chi connectivity index (χ4v) is 3.93. The minimum Gasteiger partial charge on any atom is -0.466 e. The van der Waals surface area contributed by atoms with E-state index in [1.54, 1.807) is 13.0 Å². The second-order valence-corrected chi connectivity index (χ2v) is 7.87. The van der Waals surface area contributed by atoms with Crippen molar-refractivity contribution < 1.29 is 38.8 Å². The van der Waals surface area contributed by atoms with Gasteiger partial charge in [0.15, 0.2) is 0 Å². The van der Waals surface area contributed by atoms with Crippen molar-refractivity contribution in [2.45, 2.75) is 39.4 Å². The minimum absolute atomic E-state index is 0.0591. The molecule has 0 aliphatic heterocycles. The SMILES string of the molecule is C=CC1(C)CC(OC(=O)/C(C)=C\COC(C)=O)C(C(=C)C(=O)OC)C(O)C1C(=C)CO. The summed E-state index contributed by atoms with van der Waals surface area (Å²) in [6, 6.07) is 0. The molecule has 1 saturated carbocycles. The van der Waals surface area contributed by atoms with Gasteiger partial charge in [-0.1, -0.05) is 26.2 Å². The van der Waals surface area contributed by atoms with Crippen molar-refractivity contribution >= 4 is 17.9 Å². The molecular formula is C23H32O8. The Morgan fingerprint density at radius 1 is 1.19 bits per heavy atom. The van der Waals surface area contributed by atoms with Crippen molar-refractivity contribution in [2.24, 2.45) is 17.3 Å². The quantitative estimate of drug-likeness (QED) is 0.243. The van der Waals surface area contributed by atoms with Crippen LogP contribution in [0, 0.1) is 17.3 Å². The zero-order valence-electron chi connectivity index (χ0n) is 18.6. The van der Waals surface area contributed by atoms with Crippen LogP contribution in [0.3, 0.4) is 0 Å². The molecule has 0 aromatic heterocycles. The summed E-state index contributed by atoms with van der Waals surface area (Å²) in [6.07, 6.45) is 1.03. The zero-order chi connectivity index (χ0) is 23.9. The number of aliphatic hydroxyl groups excluding tert-OH is 2. The highest BCUT2D eigenvalue weighted by Crippen LogP contribution is 2.50. The number of esters is 3. The molecule has 0 radical (unpaired) electrons. The molecule has 1 fully saturated rings. The molecule has 5 unspecified atom stereocenters. The van der Waals surface area contributed by atoms with Gasteiger partial charge in [-0.3, -0.25) is 4.79 Å². The van der Waals surface area contributed by atoms with E-state index in [2.05, 4.69) is 19.7 Å². The highest BCUT2D eigenvalue weighted by atomic mass is 16.5. The van der Waals surface area contributed by atoms with E-state index < -0.39 is 47.4 Å². The lowest BCUT2D eigenvalue weighted by molar-refractivity contribution is -0.161. The molecule has 0 aromatic rings. The first-order valence-electron chi connectivity index (χ1n) is 9.81. The lowest BCUT2D eigenvalue weighted by atomic mass is 9.58. The number of hydrogen-bond donors (Lipinski definition) is 2. The normalized spacial score (nSPS) is 28.3. The maximum absolute atomic E-state index is 12.6. The molecular weight excluding hydrogens is 404 g/mol. The molecule has 0 spiro atoms. The van der Waals surface area contributed by atoms with Gasteiger partial charge in [-0.05, 0) is 30.4 Å². The summed E-state index contributed by atoms with van der Waals surface area (Å²) in [7, 11) is 1.18. The summed E-state index contributed by atoms with van der Waals surface area (Å²) in [5.74, 6) is -3.57. The van der Waals surface area contributed by atoms with Gasteiger partial charge in [0.05, 0.1) is 25.7 Å². The molecule has 0 saturated heterocycles. The molecule has 0 bridgehead atoms. The van der Waals surface area contributed by atoms with E-state index in [0.29, 0.717) is 5.57 Å². The molecule has 0 amide bonds. The molecule has 5 atom stereocenters. The number of allylic oxidation sites excluding steroid dienone is 1. The van der Waals surface area contributed by atoms with Crippen molar-refractivity contribution in [3.05, 3.63) is 48.6 Å². The minimum atomic E-state index is -1.24. The monoisotopic (exact) mass is 436 g/mol. The van der Waals surface area contributed by atoms with Crippen molar-refractivity contribution in [2.75, 3.05) is 20.3 Å². The summed E-state index contributed by atoms with van der Waals surface area (Å²) >= 11 is 0. The number of rotatable bonds is 9. The Balaban J connectivity index is 3.30. The Bertz CT molecular complexity index is 780. The van der Waals surface area contributed by atoms with Gasteiger partial charge in [0.2, 0.25) is 0 Å². The second kappa shape index (κ2) is 11.1. The average Bonchev–Trinajstić information content (AvgIpc) is 2.71. The molecule has 31 heavy (non-hydrogen) atoms. The molecule has 1 aliphatic rings. The standard InChI is InChI=1S/C23H32O8/c1-8-23(6)11-17(31-21(27)13(2)9-10-30-16(5)25)18(15(4)22(28)29-7)20(26)19(23)14(3)12-24/h8-9,17-20,24,26H,1,3-4,10-12H2,2,5-7H3/b13-9-. The lowest BCUT2D eigenvalue weighted by Gasteiger charge is -2.50. The molecule has 0 aromatic carbocycles. The predicted octanol–water partition coefficient (Wildman–Crippen LogP) is 1.87. The van der Waals surface area contributed by atoms with E-state index in [0.717, 1.165) is 0 Å². The number of methoxy groups -OCH3 is 1. The van der Waals surface area contributed by atoms with Crippen molar-refractivity contribution in [3.8, 4) is 0 Å². The van der Waals surface area contributed by atoms with Crippen LogP contribution in [0.25, 0.3) is 0 Å². The second-order valence-electron chi connectivity index (χ2n) is 7.87. The van der Waals surface area contributed by atoms with Gasteiger partial charge in [0, 0.05) is 24.0 Å². The van der Waals surface area contributed by atoms with Gasteiger partial charge < -0.3 is 24.4 Å². The van der Waals surface area contributed by atoms with E-state index >= 15 is 0 Å². The lowest BCUT2D eigenvalue weighted by Crippen LogP contribution is -2.54. The summed E-state index contributed by atoms with van der Waals surface area (Å²) in [6.45, 7) is 15.5. The van der Waals surface area contributed by atoms with Gasteiger partial charge in [-0.2, -0.15) is 0 Å². The van der Waals surface area contributed by atoms with Crippen LogP contribution in [0.5, 0.6) is 0 Å². The molecule has 1 rings (SSSR count). The first-order chi connectivity index (χ1) is 14.4. The highest BCUT2D eigenvalue weighted by molar-refractivity contribution is 5.89. The van der Waals surface area contributed by atoms with Gasteiger partial charge in [0.1, 0.15) is 12.7 Å². The smallest absolute Gasteiger partial charge is 0.333 e. The first-order valence-corrected chi connectivity index (χ1v) is 9.81. The van der Waals surface area contributed by atoms with Crippen LogP contribution in [-0.2, 0) is 28.6 Å². The van der Waals surface area contributed by atoms with Gasteiger partial charge in [-0.25, -0.2) is 9.59 Å². The van der Waals surface area contributed by atoms with E-state index in [-0.39, 0.29) is 30.8 Å². The summed E-state index contributed by atoms with van der Waals surface area (Å²) in [4.78, 5) is 35.7. The van der Waals surface area contributed by atoms with Crippen LogP contribution in [0.15, 0.2) is 48.6 Å². The topological polar surface area (TPSA) is 119 Å². The van der Waals surface area contributed by atoms with Crippen LogP contribution in [-0.4, -0.2) is 60.7 Å². The molecule has 172 valence electrons. The number of hydrogen-bond acceptors (Lipinski definition) is 8. The Morgan fingerprint density at radius 2 is 1.81 bits per heavy atom. The zero-order valence-corrected chi connectivity index (χ0v) is 18.6. The Labute approximate surface area is 182 Å². The molecule has 8 nitrogen and oxygen atoms in total. The van der Waals surface area contributed by atoms with Crippen LogP contribution in [0.4, 0.5) is 0 Å².